The second-order valence-electron chi connectivity index (χ2n) is 3.49. The predicted octanol–water partition coefficient (Wildman–Crippen LogP) is -1.11. The number of rotatable bonds is 6. The van der Waals surface area contributed by atoms with E-state index < -0.39 is 5.97 Å². The number of carboxylic acids is 1. The van der Waals surface area contributed by atoms with E-state index in [2.05, 4.69) is 15.5 Å². The molecule has 0 atom stereocenters. The van der Waals surface area contributed by atoms with Gasteiger partial charge in [0.1, 0.15) is 6.73 Å². The van der Waals surface area contributed by atoms with Gasteiger partial charge in [0.05, 0.1) is 13.2 Å². The second-order valence-corrected chi connectivity index (χ2v) is 3.49. The van der Waals surface area contributed by atoms with E-state index in [0.717, 1.165) is 26.2 Å². The van der Waals surface area contributed by atoms with E-state index in [0.29, 0.717) is 20.0 Å². The molecule has 0 radical (unpaired) electrons. The first-order valence-corrected chi connectivity index (χ1v) is 5.22. The molecule has 6 heteroatoms. The van der Waals surface area contributed by atoms with Gasteiger partial charge in [-0.25, -0.2) is 0 Å². The largest absolute Gasteiger partial charge is 0.481 e. The highest BCUT2D eigenvalue weighted by Crippen LogP contribution is 1.90. The van der Waals surface area contributed by atoms with E-state index in [-0.39, 0.29) is 6.42 Å². The summed E-state index contributed by atoms with van der Waals surface area (Å²) in [6.07, 6.45) is 0.179. The van der Waals surface area contributed by atoms with Gasteiger partial charge in [-0.3, -0.25) is 15.0 Å². The minimum atomic E-state index is -0.759. The Bertz CT molecular complexity index is 181. The SMILES string of the molecule is O=C(O)CCNCCN1CCNCOC1. The average molecular weight is 217 g/mol. The Morgan fingerprint density at radius 2 is 2.40 bits per heavy atom. The average Bonchev–Trinajstić information content (AvgIpc) is 2.45. The molecule has 0 unspecified atom stereocenters. The van der Waals surface area contributed by atoms with Crippen molar-refractivity contribution in [2.24, 2.45) is 0 Å². The van der Waals surface area contributed by atoms with Crippen molar-refractivity contribution < 1.29 is 14.6 Å². The molecule has 0 aliphatic carbocycles. The van der Waals surface area contributed by atoms with Crippen molar-refractivity contribution in [2.45, 2.75) is 6.42 Å². The lowest BCUT2D eigenvalue weighted by Gasteiger charge is -2.18. The maximum atomic E-state index is 10.2. The summed E-state index contributed by atoms with van der Waals surface area (Å²) in [6, 6.07) is 0. The molecule has 3 N–H and O–H groups in total. The highest BCUT2D eigenvalue weighted by molar-refractivity contribution is 5.66. The molecule has 0 saturated carbocycles. The number of aliphatic carboxylic acids is 1. The summed E-state index contributed by atoms with van der Waals surface area (Å²) >= 11 is 0. The molecule has 0 amide bonds. The summed E-state index contributed by atoms with van der Waals surface area (Å²) < 4.78 is 5.30. The van der Waals surface area contributed by atoms with E-state index >= 15 is 0 Å². The van der Waals surface area contributed by atoms with Crippen LogP contribution in [0.15, 0.2) is 0 Å². The smallest absolute Gasteiger partial charge is 0.304 e. The van der Waals surface area contributed by atoms with Crippen LogP contribution < -0.4 is 10.6 Å². The monoisotopic (exact) mass is 217 g/mol. The summed E-state index contributed by atoms with van der Waals surface area (Å²) in [5.41, 5.74) is 0. The van der Waals surface area contributed by atoms with Gasteiger partial charge < -0.3 is 15.2 Å². The molecule has 1 fully saturated rings. The quantitative estimate of drug-likeness (QED) is 0.490. The minimum Gasteiger partial charge on any atom is -0.481 e. The van der Waals surface area contributed by atoms with Crippen molar-refractivity contribution in [1.82, 2.24) is 15.5 Å². The molecular weight excluding hydrogens is 198 g/mol. The van der Waals surface area contributed by atoms with Crippen molar-refractivity contribution in [2.75, 3.05) is 46.2 Å². The zero-order valence-electron chi connectivity index (χ0n) is 8.87. The van der Waals surface area contributed by atoms with Crippen LogP contribution in [0.5, 0.6) is 0 Å². The molecule has 88 valence electrons. The zero-order chi connectivity index (χ0) is 10.9. The molecule has 0 aromatic heterocycles. The van der Waals surface area contributed by atoms with Gasteiger partial charge >= 0.3 is 5.97 Å². The van der Waals surface area contributed by atoms with Crippen molar-refractivity contribution in [3.8, 4) is 0 Å². The van der Waals surface area contributed by atoms with Crippen LogP contribution in [0.3, 0.4) is 0 Å². The molecule has 0 spiro atoms. The fraction of sp³-hybridized carbons (Fsp3) is 0.889. The topological polar surface area (TPSA) is 73.8 Å². The first-order valence-electron chi connectivity index (χ1n) is 5.22. The van der Waals surface area contributed by atoms with Crippen LogP contribution in [0.2, 0.25) is 0 Å². The Kier molecular flexibility index (Phi) is 6.26. The molecular formula is C9H19N3O3. The first kappa shape index (κ1) is 12.4. The van der Waals surface area contributed by atoms with Crippen molar-refractivity contribution in [1.29, 1.82) is 0 Å². The Balaban J connectivity index is 1.96. The van der Waals surface area contributed by atoms with Crippen LogP contribution in [-0.4, -0.2) is 62.2 Å². The third kappa shape index (κ3) is 6.40. The summed E-state index contributed by atoms with van der Waals surface area (Å²) in [7, 11) is 0. The molecule has 1 aliphatic heterocycles. The standard InChI is InChI=1S/C9H19N3O3/c13-9(14)1-2-10-3-5-12-6-4-11-7-15-8-12/h10-11H,1-8H2,(H,13,14). The Morgan fingerprint density at radius 1 is 1.53 bits per heavy atom. The fourth-order valence-electron chi connectivity index (χ4n) is 1.35. The van der Waals surface area contributed by atoms with E-state index in [4.69, 9.17) is 9.84 Å². The summed E-state index contributed by atoms with van der Waals surface area (Å²) in [5.74, 6) is -0.759. The minimum absolute atomic E-state index is 0.179. The molecule has 1 rings (SSSR count). The van der Waals surface area contributed by atoms with Gasteiger partial charge in [-0.2, -0.15) is 0 Å². The number of carbonyl (C=O) groups is 1. The highest BCUT2D eigenvalue weighted by atomic mass is 16.5. The summed E-state index contributed by atoms with van der Waals surface area (Å²) in [5, 5.41) is 14.6. The maximum Gasteiger partial charge on any atom is 0.304 e. The fourth-order valence-corrected chi connectivity index (χ4v) is 1.35. The predicted molar refractivity (Wildman–Crippen MR) is 55.5 cm³/mol. The van der Waals surface area contributed by atoms with Crippen LogP contribution in [-0.2, 0) is 9.53 Å². The van der Waals surface area contributed by atoms with Crippen LogP contribution in [0.25, 0.3) is 0 Å². The highest BCUT2D eigenvalue weighted by Gasteiger charge is 2.07. The van der Waals surface area contributed by atoms with Crippen LogP contribution in [0.4, 0.5) is 0 Å². The van der Waals surface area contributed by atoms with E-state index in [1.165, 1.54) is 0 Å². The van der Waals surface area contributed by atoms with Gasteiger partial charge in [-0.1, -0.05) is 0 Å². The van der Waals surface area contributed by atoms with Gasteiger partial charge in [-0.05, 0) is 0 Å². The van der Waals surface area contributed by atoms with E-state index in [1.807, 2.05) is 0 Å². The van der Waals surface area contributed by atoms with Gasteiger partial charge in [0, 0.05) is 32.7 Å². The third-order valence-corrected chi connectivity index (χ3v) is 2.20. The molecule has 0 aromatic rings. The second kappa shape index (κ2) is 7.58. The Labute approximate surface area is 89.6 Å². The number of nitrogens with one attached hydrogen (secondary N) is 2. The molecule has 0 aromatic carbocycles. The normalized spacial score (nSPS) is 18.7. The Hall–Kier alpha value is -0.690. The van der Waals surface area contributed by atoms with Gasteiger partial charge in [0.25, 0.3) is 0 Å². The molecule has 15 heavy (non-hydrogen) atoms. The molecule has 1 saturated heterocycles. The molecule has 1 heterocycles. The summed E-state index contributed by atoms with van der Waals surface area (Å²) in [4.78, 5) is 12.4. The lowest BCUT2D eigenvalue weighted by Crippen LogP contribution is -2.35. The summed E-state index contributed by atoms with van der Waals surface area (Å²) in [6.45, 7) is 5.40. The van der Waals surface area contributed by atoms with Crippen molar-refractivity contribution >= 4 is 5.97 Å². The molecule has 6 nitrogen and oxygen atoms in total. The number of ether oxygens (including phenoxy) is 1. The lowest BCUT2D eigenvalue weighted by atomic mass is 10.4. The van der Waals surface area contributed by atoms with Crippen LogP contribution in [0, 0.1) is 0 Å². The number of hydrogen-bond acceptors (Lipinski definition) is 5. The third-order valence-electron chi connectivity index (χ3n) is 2.20. The van der Waals surface area contributed by atoms with Crippen molar-refractivity contribution in [3.05, 3.63) is 0 Å². The van der Waals surface area contributed by atoms with Gasteiger partial charge in [0.15, 0.2) is 0 Å². The number of carboxylic acid groups (broad SMARTS) is 1. The van der Waals surface area contributed by atoms with E-state index in [1.54, 1.807) is 0 Å². The van der Waals surface area contributed by atoms with Gasteiger partial charge in [-0.15, -0.1) is 0 Å². The first-order chi connectivity index (χ1) is 7.29. The number of nitrogens with zero attached hydrogens (tertiary/aromatic N) is 1. The van der Waals surface area contributed by atoms with Crippen LogP contribution in [0.1, 0.15) is 6.42 Å². The zero-order valence-corrected chi connectivity index (χ0v) is 8.87. The molecule has 1 aliphatic rings. The Morgan fingerprint density at radius 3 is 3.20 bits per heavy atom. The van der Waals surface area contributed by atoms with Crippen LogP contribution >= 0.6 is 0 Å². The maximum absolute atomic E-state index is 10.2. The molecule has 0 bridgehead atoms. The number of hydrogen-bond donors (Lipinski definition) is 3. The van der Waals surface area contributed by atoms with E-state index in [9.17, 15) is 4.79 Å². The lowest BCUT2D eigenvalue weighted by molar-refractivity contribution is -0.136. The van der Waals surface area contributed by atoms with Crippen molar-refractivity contribution in [3.63, 3.8) is 0 Å². The van der Waals surface area contributed by atoms with Gasteiger partial charge in [0.2, 0.25) is 0 Å².